The highest BCUT2D eigenvalue weighted by Gasteiger charge is 2.27. The Bertz CT molecular complexity index is 650. The van der Waals surface area contributed by atoms with E-state index in [1.54, 1.807) is 18.4 Å². The van der Waals surface area contributed by atoms with Crippen molar-refractivity contribution in [3.63, 3.8) is 0 Å². The van der Waals surface area contributed by atoms with Gasteiger partial charge in [-0.15, -0.1) is 10.2 Å². The monoisotopic (exact) mass is 303 g/mol. The molecule has 1 aliphatic carbocycles. The van der Waals surface area contributed by atoms with Crippen molar-refractivity contribution >= 4 is 23.0 Å². The molecule has 1 saturated carbocycles. The zero-order valence-electron chi connectivity index (χ0n) is 11.7. The predicted octanol–water partition coefficient (Wildman–Crippen LogP) is 2.35. The number of benzene rings is 1. The summed E-state index contributed by atoms with van der Waals surface area (Å²) in [6, 6.07) is 7.53. The van der Waals surface area contributed by atoms with Crippen molar-refractivity contribution in [2.75, 3.05) is 12.4 Å². The number of aliphatic imine (C=N–C) groups is 1. The molecular weight excluding hydrogens is 286 g/mol. The molecule has 2 aromatic rings. The Morgan fingerprint density at radius 1 is 1.48 bits per heavy atom. The van der Waals surface area contributed by atoms with Crippen LogP contribution in [0.15, 0.2) is 29.3 Å². The molecule has 0 unspecified atom stereocenters. The fourth-order valence-electron chi connectivity index (χ4n) is 1.87. The molecule has 6 nitrogen and oxygen atoms in total. The first-order valence-corrected chi connectivity index (χ1v) is 7.59. The maximum absolute atomic E-state index is 5.88. The van der Waals surface area contributed by atoms with Crippen molar-refractivity contribution in [2.24, 2.45) is 10.7 Å². The van der Waals surface area contributed by atoms with Crippen LogP contribution in [-0.2, 0) is 6.54 Å². The van der Waals surface area contributed by atoms with E-state index in [1.165, 1.54) is 12.8 Å². The summed E-state index contributed by atoms with van der Waals surface area (Å²) in [5.41, 5.74) is 6.72. The molecule has 1 fully saturated rings. The minimum atomic E-state index is 0.353. The number of anilines is 1. The van der Waals surface area contributed by atoms with Crippen LogP contribution < -0.4 is 15.8 Å². The minimum absolute atomic E-state index is 0.353. The molecule has 3 rings (SSSR count). The lowest BCUT2D eigenvalue weighted by atomic mass is 10.3. The quantitative estimate of drug-likeness (QED) is 0.654. The first-order chi connectivity index (χ1) is 10.2. The lowest BCUT2D eigenvalue weighted by Gasteiger charge is -2.06. The molecule has 0 spiro atoms. The third kappa shape index (κ3) is 3.69. The molecule has 1 heterocycles. The average molecular weight is 303 g/mol. The molecule has 0 amide bonds. The molecule has 3 N–H and O–H groups in total. The average Bonchev–Trinajstić information content (AvgIpc) is 3.24. The van der Waals surface area contributed by atoms with Gasteiger partial charge in [-0.25, -0.2) is 4.99 Å². The Hall–Kier alpha value is -2.15. The molecule has 7 heteroatoms. The molecule has 110 valence electrons. The van der Waals surface area contributed by atoms with Crippen LogP contribution in [0.25, 0.3) is 0 Å². The van der Waals surface area contributed by atoms with E-state index in [-0.39, 0.29) is 0 Å². The van der Waals surface area contributed by atoms with E-state index in [2.05, 4.69) is 20.5 Å². The molecule has 0 bridgehead atoms. The topological polar surface area (TPSA) is 85.4 Å². The van der Waals surface area contributed by atoms with E-state index in [9.17, 15) is 0 Å². The number of rotatable bonds is 5. The summed E-state index contributed by atoms with van der Waals surface area (Å²) >= 11 is 1.63. The van der Waals surface area contributed by atoms with Gasteiger partial charge in [0.2, 0.25) is 0 Å². The Morgan fingerprint density at radius 2 is 2.33 bits per heavy atom. The fourth-order valence-corrected chi connectivity index (χ4v) is 2.80. The smallest absolute Gasteiger partial charge is 0.193 e. The van der Waals surface area contributed by atoms with Crippen LogP contribution >= 0.6 is 11.3 Å². The molecule has 1 aromatic carbocycles. The summed E-state index contributed by atoms with van der Waals surface area (Å²) in [4.78, 5) is 4.29. The van der Waals surface area contributed by atoms with Crippen LogP contribution in [0.1, 0.15) is 28.8 Å². The van der Waals surface area contributed by atoms with Gasteiger partial charge in [0.1, 0.15) is 15.8 Å². The van der Waals surface area contributed by atoms with Crippen molar-refractivity contribution in [1.82, 2.24) is 10.2 Å². The van der Waals surface area contributed by atoms with Crippen LogP contribution in [0.2, 0.25) is 0 Å². The van der Waals surface area contributed by atoms with E-state index in [4.69, 9.17) is 10.5 Å². The first-order valence-electron chi connectivity index (χ1n) is 6.78. The van der Waals surface area contributed by atoms with Gasteiger partial charge in [0.25, 0.3) is 0 Å². The normalized spacial score (nSPS) is 15.0. The van der Waals surface area contributed by atoms with Crippen LogP contribution in [0.3, 0.4) is 0 Å². The molecule has 0 atom stereocenters. The standard InChI is InChI=1S/C14H17N5OS/c1-20-11-4-2-3-10(7-11)17-14(15)16-8-12-18-19-13(21-12)9-5-6-9/h2-4,7,9H,5-6,8H2,1H3,(H3,15,16,17). The van der Waals surface area contributed by atoms with Crippen molar-refractivity contribution in [1.29, 1.82) is 0 Å². The Morgan fingerprint density at radius 3 is 3.10 bits per heavy atom. The lowest BCUT2D eigenvalue weighted by molar-refractivity contribution is 0.415. The first kappa shape index (κ1) is 13.8. The number of nitrogens with two attached hydrogens (primary N) is 1. The van der Waals surface area contributed by atoms with Crippen molar-refractivity contribution in [3.05, 3.63) is 34.3 Å². The highest BCUT2D eigenvalue weighted by atomic mass is 32.1. The Labute approximate surface area is 127 Å². The van der Waals surface area contributed by atoms with Gasteiger partial charge < -0.3 is 15.8 Å². The molecule has 21 heavy (non-hydrogen) atoms. The van der Waals surface area contributed by atoms with E-state index < -0.39 is 0 Å². The highest BCUT2D eigenvalue weighted by Crippen LogP contribution is 2.41. The summed E-state index contributed by atoms with van der Waals surface area (Å²) in [6.45, 7) is 0.452. The highest BCUT2D eigenvalue weighted by molar-refractivity contribution is 7.11. The summed E-state index contributed by atoms with van der Waals surface area (Å²) in [6.07, 6.45) is 2.47. The van der Waals surface area contributed by atoms with Gasteiger partial charge in [-0.2, -0.15) is 0 Å². The summed E-state index contributed by atoms with van der Waals surface area (Å²) in [7, 11) is 1.63. The molecule has 1 aliphatic rings. The van der Waals surface area contributed by atoms with E-state index in [1.807, 2.05) is 24.3 Å². The zero-order chi connectivity index (χ0) is 14.7. The van der Waals surface area contributed by atoms with Gasteiger partial charge in [0.05, 0.1) is 13.7 Å². The van der Waals surface area contributed by atoms with Crippen LogP contribution in [-0.4, -0.2) is 23.3 Å². The second-order valence-electron chi connectivity index (χ2n) is 4.87. The Balaban J connectivity index is 1.59. The minimum Gasteiger partial charge on any atom is -0.497 e. The van der Waals surface area contributed by atoms with Crippen LogP contribution in [0.5, 0.6) is 5.75 Å². The third-order valence-electron chi connectivity index (χ3n) is 3.14. The summed E-state index contributed by atoms with van der Waals surface area (Å²) in [5, 5.41) is 13.4. The number of hydrogen-bond acceptors (Lipinski definition) is 5. The summed E-state index contributed by atoms with van der Waals surface area (Å²) in [5.74, 6) is 1.75. The maximum atomic E-state index is 5.88. The fraction of sp³-hybridized carbons (Fsp3) is 0.357. The SMILES string of the molecule is COc1cccc(NC(N)=NCc2nnc(C3CC3)s2)c1. The van der Waals surface area contributed by atoms with Crippen LogP contribution in [0.4, 0.5) is 5.69 Å². The number of ether oxygens (including phenoxy) is 1. The van der Waals surface area contributed by atoms with Gasteiger partial charge in [-0.1, -0.05) is 17.4 Å². The van der Waals surface area contributed by atoms with Gasteiger partial charge in [-0.3, -0.25) is 0 Å². The van der Waals surface area contributed by atoms with Gasteiger partial charge in [0, 0.05) is 17.7 Å². The zero-order valence-corrected chi connectivity index (χ0v) is 12.6. The second-order valence-corrected chi connectivity index (χ2v) is 5.96. The summed E-state index contributed by atoms with van der Waals surface area (Å²) < 4.78 is 5.16. The molecule has 0 saturated heterocycles. The lowest BCUT2D eigenvalue weighted by Crippen LogP contribution is -2.22. The van der Waals surface area contributed by atoms with E-state index >= 15 is 0 Å². The Kier molecular flexibility index (Phi) is 4.01. The number of hydrogen-bond donors (Lipinski definition) is 2. The molecule has 0 aliphatic heterocycles. The largest absolute Gasteiger partial charge is 0.497 e. The number of nitrogens with one attached hydrogen (secondary N) is 1. The number of methoxy groups -OCH3 is 1. The number of guanidine groups is 1. The maximum Gasteiger partial charge on any atom is 0.193 e. The van der Waals surface area contributed by atoms with Gasteiger partial charge in [0.15, 0.2) is 5.96 Å². The van der Waals surface area contributed by atoms with Crippen LogP contribution in [0, 0.1) is 0 Å². The molecule has 0 radical (unpaired) electrons. The van der Waals surface area contributed by atoms with Gasteiger partial charge in [-0.05, 0) is 25.0 Å². The predicted molar refractivity (Wildman–Crippen MR) is 83.8 cm³/mol. The number of nitrogens with zero attached hydrogens (tertiary/aromatic N) is 3. The van der Waals surface area contributed by atoms with Gasteiger partial charge >= 0.3 is 0 Å². The third-order valence-corrected chi connectivity index (χ3v) is 4.21. The second kappa shape index (κ2) is 6.09. The van der Waals surface area contributed by atoms with Crippen molar-refractivity contribution in [3.8, 4) is 5.75 Å². The van der Waals surface area contributed by atoms with E-state index in [0.717, 1.165) is 21.5 Å². The molecule has 1 aromatic heterocycles. The van der Waals surface area contributed by atoms with Crippen molar-refractivity contribution in [2.45, 2.75) is 25.3 Å². The van der Waals surface area contributed by atoms with Crippen molar-refractivity contribution < 1.29 is 4.74 Å². The molecular formula is C14H17N5OS. The number of aromatic nitrogens is 2. The van der Waals surface area contributed by atoms with E-state index in [0.29, 0.717) is 18.4 Å².